The highest BCUT2D eigenvalue weighted by Crippen LogP contribution is 2.22. The second kappa shape index (κ2) is 6.94. The van der Waals surface area contributed by atoms with E-state index in [0.29, 0.717) is 5.56 Å². The van der Waals surface area contributed by atoms with Crippen molar-refractivity contribution < 1.29 is 9.18 Å². The first-order chi connectivity index (χ1) is 10.1. The Hall–Kier alpha value is -2.28. The standard InChI is InChI=1S/C14H13FN4OS/c1-19(2)9-17-12-11(15)8-16-14(18-12)21-13(20)10-6-4-3-5-7-10/h3-9H,1-2H3. The molecule has 1 heterocycles. The topological polar surface area (TPSA) is 58.5 Å². The maximum absolute atomic E-state index is 13.5. The Morgan fingerprint density at radius 1 is 1.33 bits per heavy atom. The van der Waals surface area contributed by atoms with Gasteiger partial charge in [-0.15, -0.1) is 0 Å². The van der Waals surface area contributed by atoms with Crippen LogP contribution < -0.4 is 0 Å². The van der Waals surface area contributed by atoms with Crippen molar-refractivity contribution in [3.63, 3.8) is 0 Å². The van der Waals surface area contributed by atoms with E-state index < -0.39 is 5.82 Å². The number of carbonyl (C=O) groups is 1. The smallest absolute Gasteiger partial charge is 0.227 e. The van der Waals surface area contributed by atoms with Gasteiger partial charge in [-0.05, 0) is 11.8 Å². The Kier molecular flexibility index (Phi) is 4.99. The lowest BCUT2D eigenvalue weighted by atomic mass is 10.2. The molecule has 2 aromatic rings. The van der Waals surface area contributed by atoms with Crippen molar-refractivity contribution in [2.45, 2.75) is 5.16 Å². The number of carbonyl (C=O) groups excluding carboxylic acids is 1. The van der Waals surface area contributed by atoms with Gasteiger partial charge in [0.2, 0.25) is 5.12 Å². The van der Waals surface area contributed by atoms with E-state index in [4.69, 9.17) is 0 Å². The lowest BCUT2D eigenvalue weighted by Gasteiger charge is -2.04. The zero-order valence-electron chi connectivity index (χ0n) is 11.5. The molecule has 1 aromatic heterocycles. The van der Waals surface area contributed by atoms with Crippen molar-refractivity contribution in [2.24, 2.45) is 4.99 Å². The Bertz CT molecular complexity index is 661. The number of benzene rings is 1. The highest BCUT2D eigenvalue weighted by Gasteiger charge is 2.12. The summed E-state index contributed by atoms with van der Waals surface area (Å²) in [4.78, 5) is 25.3. The van der Waals surface area contributed by atoms with Crippen LogP contribution in [0, 0.1) is 5.82 Å². The summed E-state index contributed by atoms with van der Waals surface area (Å²) < 4.78 is 13.5. The van der Waals surface area contributed by atoms with Gasteiger partial charge in [0.05, 0.1) is 12.5 Å². The fraction of sp³-hybridized carbons (Fsp3) is 0.143. The number of hydrogen-bond donors (Lipinski definition) is 0. The van der Waals surface area contributed by atoms with E-state index in [1.54, 1.807) is 43.3 Å². The molecule has 0 aliphatic rings. The third-order valence-electron chi connectivity index (χ3n) is 2.31. The Morgan fingerprint density at radius 2 is 2.05 bits per heavy atom. The first-order valence-electron chi connectivity index (χ1n) is 6.06. The number of nitrogens with zero attached hydrogens (tertiary/aromatic N) is 4. The van der Waals surface area contributed by atoms with Crippen LogP contribution in [0.1, 0.15) is 10.4 Å². The van der Waals surface area contributed by atoms with Gasteiger partial charge in [0, 0.05) is 19.7 Å². The molecule has 2 rings (SSSR count). The van der Waals surface area contributed by atoms with Gasteiger partial charge in [-0.25, -0.2) is 14.4 Å². The molecule has 0 unspecified atom stereocenters. The third kappa shape index (κ3) is 4.35. The fourth-order valence-corrected chi connectivity index (χ4v) is 2.03. The SMILES string of the molecule is CN(C)C=Nc1nc(SC(=O)c2ccccc2)ncc1F. The molecule has 7 heteroatoms. The molecule has 0 amide bonds. The molecule has 0 aliphatic carbocycles. The van der Waals surface area contributed by atoms with Crippen molar-refractivity contribution in [1.82, 2.24) is 14.9 Å². The normalized spacial score (nSPS) is 10.8. The number of aromatic nitrogens is 2. The van der Waals surface area contributed by atoms with Gasteiger partial charge in [0.25, 0.3) is 0 Å². The predicted octanol–water partition coefficient (Wildman–Crippen LogP) is 2.77. The molecule has 21 heavy (non-hydrogen) atoms. The van der Waals surface area contributed by atoms with Crippen LogP contribution in [0.2, 0.25) is 0 Å². The summed E-state index contributed by atoms with van der Waals surface area (Å²) in [5, 5.41) is -0.0408. The van der Waals surface area contributed by atoms with Crippen LogP contribution in [-0.2, 0) is 0 Å². The third-order valence-corrected chi connectivity index (χ3v) is 3.11. The van der Waals surface area contributed by atoms with Gasteiger partial charge >= 0.3 is 0 Å². The van der Waals surface area contributed by atoms with Crippen LogP contribution in [0.25, 0.3) is 0 Å². The number of thioether (sulfide) groups is 1. The van der Waals surface area contributed by atoms with E-state index in [9.17, 15) is 9.18 Å². The highest BCUT2D eigenvalue weighted by atomic mass is 32.2. The predicted molar refractivity (Wildman–Crippen MR) is 80.5 cm³/mol. The van der Waals surface area contributed by atoms with Gasteiger partial charge in [-0.2, -0.15) is 4.98 Å². The molecule has 108 valence electrons. The van der Waals surface area contributed by atoms with E-state index in [1.807, 2.05) is 6.07 Å². The van der Waals surface area contributed by atoms with E-state index in [0.717, 1.165) is 18.0 Å². The summed E-state index contributed by atoms with van der Waals surface area (Å²) in [6.07, 6.45) is 2.44. The molecule has 0 spiro atoms. The van der Waals surface area contributed by atoms with Gasteiger partial charge < -0.3 is 4.90 Å². The molecule has 0 fully saturated rings. The number of aliphatic imine (C=N–C) groups is 1. The minimum atomic E-state index is -0.635. The molecule has 0 radical (unpaired) electrons. The molecule has 0 atom stereocenters. The fourth-order valence-electron chi connectivity index (χ4n) is 1.37. The summed E-state index contributed by atoms with van der Waals surface area (Å²) in [7, 11) is 3.52. The van der Waals surface area contributed by atoms with Crippen LogP contribution in [0.15, 0.2) is 46.7 Å². The van der Waals surface area contributed by atoms with Crippen molar-refractivity contribution in [1.29, 1.82) is 0 Å². The molecule has 0 saturated carbocycles. The van der Waals surface area contributed by atoms with Crippen LogP contribution in [0.4, 0.5) is 10.2 Å². The Labute approximate surface area is 125 Å². The highest BCUT2D eigenvalue weighted by molar-refractivity contribution is 8.14. The number of halogens is 1. The Morgan fingerprint density at radius 3 is 2.71 bits per heavy atom. The molecule has 0 aliphatic heterocycles. The van der Waals surface area contributed by atoms with Crippen LogP contribution in [0.3, 0.4) is 0 Å². The molecule has 0 N–H and O–H groups in total. The molecular weight excluding hydrogens is 291 g/mol. The van der Waals surface area contributed by atoms with E-state index >= 15 is 0 Å². The van der Waals surface area contributed by atoms with Gasteiger partial charge in [0.15, 0.2) is 16.8 Å². The lowest BCUT2D eigenvalue weighted by Crippen LogP contribution is -2.07. The lowest BCUT2D eigenvalue weighted by molar-refractivity contribution is 0.108. The molecule has 0 saturated heterocycles. The second-order valence-electron chi connectivity index (χ2n) is 4.29. The average molecular weight is 304 g/mol. The average Bonchev–Trinajstić information content (AvgIpc) is 2.48. The minimum Gasteiger partial charge on any atom is -0.369 e. The largest absolute Gasteiger partial charge is 0.369 e. The molecule has 0 bridgehead atoms. The number of hydrogen-bond acceptors (Lipinski definition) is 5. The first-order valence-corrected chi connectivity index (χ1v) is 6.88. The molecular formula is C14H13FN4OS. The minimum absolute atomic E-state index is 0.0953. The van der Waals surface area contributed by atoms with E-state index in [-0.39, 0.29) is 16.1 Å². The van der Waals surface area contributed by atoms with Crippen LogP contribution in [0.5, 0.6) is 0 Å². The van der Waals surface area contributed by atoms with Crippen molar-refractivity contribution in [2.75, 3.05) is 14.1 Å². The van der Waals surface area contributed by atoms with Crippen molar-refractivity contribution in [3.05, 3.63) is 47.9 Å². The summed E-state index contributed by atoms with van der Waals surface area (Å²) in [6.45, 7) is 0. The summed E-state index contributed by atoms with van der Waals surface area (Å²) >= 11 is 0.839. The van der Waals surface area contributed by atoms with Crippen LogP contribution >= 0.6 is 11.8 Å². The Balaban J connectivity index is 2.18. The monoisotopic (exact) mass is 304 g/mol. The second-order valence-corrected chi connectivity index (χ2v) is 5.23. The molecule has 5 nitrogen and oxygen atoms in total. The zero-order chi connectivity index (χ0) is 15.2. The zero-order valence-corrected chi connectivity index (χ0v) is 12.3. The van der Waals surface area contributed by atoms with Crippen molar-refractivity contribution >= 4 is 29.0 Å². The summed E-state index contributed by atoms with van der Waals surface area (Å²) in [5.41, 5.74) is 0.536. The van der Waals surface area contributed by atoms with Crippen LogP contribution in [-0.4, -0.2) is 40.4 Å². The number of rotatable bonds is 4. The van der Waals surface area contributed by atoms with Crippen molar-refractivity contribution in [3.8, 4) is 0 Å². The molecule has 1 aromatic carbocycles. The summed E-state index contributed by atoms with van der Waals surface area (Å²) in [5.74, 6) is -0.730. The summed E-state index contributed by atoms with van der Waals surface area (Å²) in [6, 6.07) is 8.76. The van der Waals surface area contributed by atoms with Gasteiger partial charge in [-0.1, -0.05) is 30.3 Å². The maximum Gasteiger partial charge on any atom is 0.227 e. The van der Waals surface area contributed by atoms with Gasteiger partial charge in [0.1, 0.15) is 0 Å². The quantitative estimate of drug-likeness (QED) is 0.376. The van der Waals surface area contributed by atoms with Gasteiger partial charge in [-0.3, -0.25) is 4.79 Å². The van der Waals surface area contributed by atoms with E-state index in [1.165, 1.54) is 6.34 Å². The first kappa shape index (κ1) is 15.1. The van der Waals surface area contributed by atoms with E-state index in [2.05, 4.69) is 15.0 Å². The maximum atomic E-state index is 13.5.